The van der Waals surface area contributed by atoms with E-state index < -0.39 is 59.0 Å². The standard InChI is InChI=1S/C16H5FN4O8/c17-12-11-10-8(14(19(24)25)16(21(28)29)15(11)20(26)27)5-4-6-2-1-3-7(9(6)10)13(12)18(22)23/h1-5H. The second kappa shape index (κ2) is 5.72. The Kier molecular flexibility index (Phi) is 3.52. The van der Waals surface area contributed by atoms with E-state index in [-0.39, 0.29) is 16.2 Å². The van der Waals surface area contributed by atoms with Crippen molar-refractivity contribution in [3.05, 3.63) is 76.6 Å². The van der Waals surface area contributed by atoms with Crippen LogP contribution >= 0.6 is 0 Å². The van der Waals surface area contributed by atoms with Gasteiger partial charge < -0.3 is 0 Å². The SMILES string of the molecule is O=[N+]([O-])c1c([N+](=O)[O-])c2ccc3cccc4c([N+](=O)[O-])c(F)c(c1[N+](=O)[O-])c2c34. The minimum Gasteiger partial charge on any atom is -0.258 e. The predicted molar refractivity (Wildman–Crippen MR) is 96.7 cm³/mol. The second-order valence-corrected chi connectivity index (χ2v) is 6.00. The van der Waals surface area contributed by atoms with Gasteiger partial charge in [0.1, 0.15) is 5.39 Å². The molecule has 0 aliphatic heterocycles. The number of nitrogens with zero attached hydrogens (tertiary/aromatic N) is 4. The van der Waals surface area contributed by atoms with E-state index in [1.54, 1.807) is 0 Å². The van der Waals surface area contributed by atoms with Crippen molar-refractivity contribution in [2.45, 2.75) is 0 Å². The lowest BCUT2D eigenvalue weighted by Crippen LogP contribution is -2.06. The van der Waals surface area contributed by atoms with Gasteiger partial charge in [-0.3, -0.25) is 40.5 Å². The molecule has 0 aliphatic carbocycles. The van der Waals surface area contributed by atoms with Gasteiger partial charge in [0, 0.05) is 10.8 Å². The van der Waals surface area contributed by atoms with E-state index >= 15 is 4.39 Å². The van der Waals surface area contributed by atoms with Crippen LogP contribution in [-0.4, -0.2) is 19.7 Å². The summed E-state index contributed by atoms with van der Waals surface area (Å²) in [7, 11) is 0. The molecule has 0 atom stereocenters. The molecule has 0 amide bonds. The van der Waals surface area contributed by atoms with Crippen LogP contribution < -0.4 is 0 Å². The first-order valence-electron chi connectivity index (χ1n) is 7.70. The van der Waals surface area contributed by atoms with Crippen molar-refractivity contribution in [3.8, 4) is 0 Å². The molecule has 0 radical (unpaired) electrons. The van der Waals surface area contributed by atoms with Gasteiger partial charge >= 0.3 is 22.7 Å². The van der Waals surface area contributed by atoms with E-state index in [1.807, 2.05) is 0 Å². The van der Waals surface area contributed by atoms with Crippen LogP contribution in [0.4, 0.5) is 27.1 Å². The Hall–Kier alpha value is -4.55. The largest absolute Gasteiger partial charge is 0.423 e. The minimum atomic E-state index is -1.67. The van der Waals surface area contributed by atoms with Crippen molar-refractivity contribution in [2.24, 2.45) is 0 Å². The van der Waals surface area contributed by atoms with Gasteiger partial charge in [0.05, 0.1) is 30.5 Å². The number of nitro groups is 4. The summed E-state index contributed by atoms with van der Waals surface area (Å²) in [6.45, 7) is 0. The Morgan fingerprint density at radius 2 is 1.14 bits per heavy atom. The fraction of sp³-hybridized carbons (Fsp3) is 0. The molecule has 12 nitrogen and oxygen atoms in total. The van der Waals surface area contributed by atoms with Crippen molar-refractivity contribution in [1.29, 1.82) is 0 Å². The smallest absolute Gasteiger partial charge is 0.258 e. The number of benzene rings is 4. The fourth-order valence-corrected chi connectivity index (χ4v) is 3.67. The zero-order chi connectivity index (χ0) is 21.2. The molecule has 0 unspecified atom stereocenters. The molecule has 29 heavy (non-hydrogen) atoms. The lowest BCUT2D eigenvalue weighted by atomic mass is 9.90. The van der Waals surface area contributed by atoms with Gasteiger partial charge in [0.2, 0.25) is 5.82 Å². The van der Waals surface area contributed by atoms with Crippen LogP contribution in [0, 0.1) is 46.3 Å². The average molecular weight is 400 g/mol. The van der Waals surface area contributed by atoms with E-state index in [9.17, 15) is 40.5 Å². The molecular formula is C16H5FN4O8. The van der Waals surface area contributed by atoms with Crippen LogP contribution in [-0.2, 0) is 0 Å². The van der Waals surface area contributed by atoms with Crippen LogP contribution in [0.1, 0.15) is 0 Å². The molecule has 0 aromatic heterocycles. The lowest BCUT2D eigenvalue weighted by molar-refractivity contribution is -0.439. The molecule has 0 aliphatic rings. The number of halogens is 1. The van der Waals surface area contributed by atoms with Crippen LogP contribution in [0.3, 0.4) is 0 Å². The van der Waals surface area contributed by atoms with Crippen LogP contribution in [0.5, 0.6) is 0 Å². The molecule has 0 spiro atoms. The summed E-state index contributed by atoms with van der Waals surface area (Å²) in [6, 6.07) is 6.47. The summed E-state index contributed by atoms with van der Waals surface area (Å²) in [4.78, 5) is 41.2. The van der Waals surface area contributed by atoms with Gasteiger partial charge in [0.15, 0.2) is 0 Å². The summed E-state index contributed by atoms with van der Waals surface area (Å²) >= 11 is 0. The lowest BCUT2D eigenvalue weighted by Gasteiger charge is -2.12. The first-order chi connectivity index (χ1) is 13.7. The van der Waals surface area contributed by atoms with Crippen molar-refractivity contribution < 1.29 is 24.1 Å². The molecule has 0 fully saturated rings. The normalized spacial score (nSPS) is 11.3. The molecule has 0 N–H and O–H groups in total. The molecule has 0 heterocycles. The molecule has 144 valence electrons. The predicted octanol–water partition coefficient (Wildman–Crippen LogP) is 4.36. The van der Waals surface area contributed by atoms with E-state index in [0.717, 1.165) is 6.07 Å². The quantitative estimate of drug-likeness (QED) is 0.276. The van der Waals surface area contributed by atoms with Crippen molar-refractivity contribution in [3.63, 3.8) is 0 Å². The zero-order valence-electron chi connectivity index (χ0n) is 13.8. The zero-order valence-corrected chi connectivity index (χ0v) is 13.8. The van der Waals surface area contributed by atoms with Crippen molar-refractivity contribution >= 4 is 55.1 Å². The summed E-state index contributed by atoms with van der Waals surface area (Å²) < 4.78 is 15.2. The number of hydrogen-bond acceptors (Lipinski definition) is 8. The van der Waals surface area contributed by atoms with Gasteiger partial charge in [-0.2, -0.15) is 4.39 Å². The van der Waals surface area contributed by atoms with E-state index in [1.165, 1.54) is 24.3 Å². The third-order valence-electron chi connectivity index (χ3n) is 4.65. The second-order valence-electron chi connectivity index (χ2n) is 6.00. The molecule has 0 saturated heterocycles. The van der Waals surface area contributed by atoms with Gasteiger partial charge in [-0.25, -0.2) is 0 Å². The summed E-state index contributed by atoms with van der Waals surface area (Å²) in [5.41, 5.74) is -5.34. The number of nitro benzene ring substituents is 4. The monoisotopic (exact) mass is 400 g/mol. The molecule has 0 saturated carbocycles. The first kappa shape index (κ1) is 17.8. The Balaban J connectivity index is 2.54. The van der Waals surface area contributed by atoms with Crippen LogP contribution in [0.2, 0.25) is 0 Å². The van der Waals surface area contributed by atoms with E-state index in [2.05, 4.69) is 0 Å². The maximum absolute atomic E-state index is 15.2. The van der Waals surface area contributed by atoms with Gasteiger partial charge in [-0.1, -0.05) is 18.2 Å². The molecular weight excluding hydrogens is 395 g/mol. The number of rotatable bonds is 4. The van der Waals surface area contributed by atoms with Gasteiger partial charge in [0.25, 0.3) is 0 Å². The van der Waals surface area contributed by atoms with Crippen molar-refractivity contribution in [1.82, 2.24) is 0 Å². The highest BCUT2D eigenvalue weighted by molar-refractivity contribution is 6.30. The maximum Gasteiger partial charge on any atom is 0.423 e. The minimum absolute atomic E-state index is 0.0332. The molecule has 4 aromatic rings. The Bertz CT molecular complexity index is 1430. The molecule has 0 bridgehead atoms. The topological polar surface area (TPSA) is 173 Å². The van der Waals surface area contributed by atoms with Crippen LogP contribution in [0.15, 0.2) is 30.3 Å². The van der Waals surface area contributed by atoms with Gasteiger partial charge in [-0.05, 0) is 17.5 Å². The number of hydrogen-bond donors (Lipinski definition) is 0. The third-order valence-corrected chi connectivity index (χ3v) is 4.65. The maximum atomic E-state index is 15.2. The highest BCUT2D eigenvalue weighted by Gasteiger charge is 2.44. The van der Waals surface area contributed by atoms with Gasteiger partial charge in [-0.15, -0.1) is 0 Å². The Labute approximate surface area is 156 Å². The first-order valence-corrected chi connectivity index (χ1v) is 7.70. The van der Waals surface area contributed by atoms with Crippen LogP contribution in [0.25, 0.3) is 32.3 Å². The average Bonchev–Trinajstić information content (AvgIpc) is 2.64. The fourth-order valence-electron chi connectivity index (χ4n) is 3.67. The Morgan fingerprint density at radius 3 is 1.69 bits per heavy atom. The summed E-state index contributed by atoms with van der Waals surface area (Å²) in [5, 5.41) is 44.4. The Morgan fingerprint density at radius 1 is 0.586 bits per heavy atom. The van der Waals surface area contributed by atoms with E-state index in [0.29, 0.717) is 5.39 Å². The molecule has 4 aromatic carbocycles. The highest BCUT2D eigenvalue weighted by Crippen LogP contribution is 2.52. The molecule has 13 heteroatoms. The summed E-state index contributed by atoms with van der Waals surface area (Å²) in [5.74, 6) is -1.67. The highest BCUT2D eigenvalue weighted by atomic mass is 19.1. The molecule has 4 rings (SSSR count). The van der Waals surface area contributed by atoms with E-state index in [4.69, 9.17) is 0 Å². The third kappa shape index (κ3) is 2.17. The summed E-state index contributed by atoms with van der Waals surface area (Å²) in [6.07, 6.45) is 0. The van der Waals surface area contributed by atoms with Crippen molar-refractivity contribution in [2.75, 3.05) is 0 Å².